The van der Waals surface area contributed by atoms with Gasteiger partial charge in [-0.2, -0.15) is 0 Å². The number of carbonyl (C=O) groups excluding carboxylic acids is 1. The molecule has 0 aliphatic carbocycles. The summed E-state index contributed by atoms with van der Waals surface area (Å²) in [7, 11) is 1.60. The summed E-state index contributed by atoms with van der Waals surface area (Å²) in [6, 6.07) is 9.36. The SMILES string of the molecule is COc1ccc2nccc(C(N)C[C@@H]3CC[C@@H](NCc4ccc5c(n4)NC(=O)CO5)CO3)c2n1. The number of nitrogens with zero attached hydrogens (tertiary/aromatic N) is 3. The van der Waals surface area contributed by atoms with Crippen LogP contribution < -0.4 is 25.8 Å². The molecule has 1 saturated heterocycles. The molecule has 3 aromatic rings. The number of amides is 1. The maximum Gasteiger partial charge on any atom is 0.263 e. The Morgan fingerprint density at radius 3 is 2.97 bits per heavy atom. The van der Waals surface area contributed by atoms with Crippen LogP contribution in [0.1, 0.15) is 36.6 Å². The van der Waals surface area contributed by atoms with Crippen molar-refractivity contribution in [3.05, 3.63) is 47.8 Å². The summed E-state index contributed by atoms with van der Waals surface area (Å²) < 4.78 is 16.8. The molecule has 1 unspecified atom stereocenters. The van der Waals surface area contributed by atoms with Crippen molar-refractivity contribution in [3.8, 4) is 11.6 Å². The summed E-state index contributed by atoms with van der Waals surface area (Å²) in [6.45, 7) is 1.21. The molecule has 34 heavy (non-hydrogen) atoms. The molecule has 1 fully saturated rings. The van der Waals surface area contributed by atoms with Gasteiger partial charge >= 0.3 is 0 Å². The molecule has 3 atom stereocenters. The van der Waals surface area contributed by atoms with E-state index in [0.29, 0.717) is 37.0 Å². The van der Waals surface area contributed by atoms with Crippen LogP contribution >= 0.6 is 0 Å². The Kier molecular flexibility index (Phi) is 6.52. The lowest BCUT2D eigenvalue weighted by Crippen LogP contribution is -2.40. The van der Waals surface area contributed by atoms with Gasteiger partial charge in [0.2, 0.25) is 5.88 Å². The minimum Gasteiger partial charge on any atom is -0.481 e. The highest BCUT2D eigenvalue weighted by Gasteiger charge is 2.25. The molecule has 5 rings (SSSR count). The van der Waals surface area contributed by atoms with E-state index in [2.05, 4.69) is 25.6 Å². The number of nitrogens with one attached hydrogen (secondary N) is 2. The highest BCUT2D eigenvalue weighted by Crippen LogP contribution is 2.28. The fraction of sp³-hybridized carbons (Fsp3) is 0.417. The van der Waals surface area contributed by atoms with Gasteiger partial charge in [-0.05, 0) is 49.1 Å². The number of ether oxygens (including phenoxy) is 3. The summed E-state index contributed by atoms with van der Waals surface area (Å²) in [4.78, 5) is 24.9. The van der Waals surface area contributed by atoms with Gasteiger partial charge in [0, 0.05) is 30.9 Å². The molecule has 0 saturated carbocycles. The number of anilines is 1. The maximum atomic E-state index is 11.5. The van der Waals surface area contributed by atoms with Gasteiger partial charge in [-0.1, -0.05) is 0 Å². The zero-order valence-electron chi connectivity index (χ0n) is 19.0. The van der Waals surface area contributed by atoms with Crippen LogP contribution in [0.25, 0.3) is 11.0 Å². The van der Waals surface area contributed by atoms with Gasteiger partial charge in [-0.15, -0.1) is 0 Å². The largest absolute Gasteiger partial charge is 0.481 e. The van der Waals surface area contributed by atoms with E-state index in [1.165, 1.54) is 0 Å². The molecule has 2 aliphatic heterocycles. The summed E-state index contributed by atoms with van der Waals surface area (Å²) in [5, 5.41) is 6.23. The van der Waals surface area contributed by atoms with Crippen molar-refractivity contribution < 1.29 is 19.0 Å². The number of fused-ring (bicyclic) bond motifs is 2. The lowest BCUT2D eigenvalue weighted by atomic mass is 9.95. The van der Waals surface area contributed by atoms with Crippen LogP contribution in [0.15, 0.2) is 36.5 Å². The van der Waals surface area contributed by atoms with E-state index in [-0.39, 0.29) is 30.7 Å². The van der Waals surface area contributed by atoms with Gasteiger partial charge in [0.15, 0.2) is 18.2 Å². The van der Waals surface area contributed by atoms with Crippen LogP contribution in [0.4, 0.5) is 5.82 Å². The van der Waals surface area contributed by atoms with Gasteiger partial charge in [0.25, 0.3) is 5.91 Å². The first-order valence-corrected chi connectivity index (χ1v) is 11.4. The second-order valence-electron chi connectivity index (χ2n) is 8.56. The molecular weight excluding hydrogens is 436 g/mol. The fourth-order valence-corrected chi connectivity index (χ4v) is 4.35. The third kappa shape index (κ3) is 4.93. The molecule has 178 valence electrons. The smallest absolute Gasteiger partial charge is 0.263 e. The topological polar surface area (TPSA) is 134 Å². The molecular formula is C24H28N6O4. The molecule has 0 aromatic carbocycles. The molecule has 2 aliphatic rings. The van der Waals surface area contributed by atoms with E-state index >= 15 is 0 Å². The van der Waals surface area contributed by atoms with Crippen molar-refractivity contribution in [2.75, 3.05) is 25.6 Å². The third-order valence-corrected chi connectivity index (χ3v) is 6.19. The minimum atomic E-state index is -0.211. The van der Waals surface area contributed by atoms with Crippen LogP contribution in [0.2, 0.25) is 0 Å². The average Bonchev–Trinajstić information content (AvgIpc) is 2.87. The lowest BCUT2D eigenvalue weighted by molar-refractivity contribution is -0.118. The predicted octanol–water partition coefficient (Wildman–Crippen LogP) is 2.09. The minimum absolute atomic E-state index is 0.0264. The van der Waals surface area contributed by atoms with Crippen LogP contribution in [-0.4, -0.2) is 53.3 Å². The Labute approximate surface area is 197 Å². The van der Waals surface area contributed by atoms with Crippen molar-refractivity contribution >= 4 is 22.8 Å². The van der Waals surface area contributed by atoms with E-state index in [4.69, 9.17) is 19.9 Å². The second-order valence-corrected chi connectivity index (χ2v) is 8.56. The first kappa shape index (κ1) is 22.5. The highest BCUT2D eigenvalue weighted by atomic mass is 16.5. The first-order chi connectivity index (χ1) is 16.6. The zero-order valence-corrected chi connectivity index (χ0v) is 19.0. The summed E-state index contributed by atoms with van der Waals surface area (Å²) in [5.41, 5.74) is 9.91. The molecule has 5 heterocycles. The van der Waals surface area contributed by atoms with Crippen molar-refractivity contribution in [1.29, 1.82) is 0 Å². The van der Waals surface area contributed by atoms with Crippen LogP contribution in [-0.2, 0) is 16.1 Å². The van der Waals surface area contributed by atoms with Gasteiger partial charge in [-0.25, -0.2) is 9.97 Å². The maximum absolute atomic E-state index is 11.5. The number of methoxy groups -OCH3 is 1. The Hall–Kier alpha value is -3.34. The van der Waals surface area contributed by atoms with E-state index < -0.39 is 0 Å². The molecule has 10 nitrogen and oxygen atoms in total. The quantitative estimate of drug-likeness (QED) is 0.480. The van der Waals surface area contributed by atoms with Gasteiger partial charge in [-0.3, -0.25) is 9.78 Å². The number of hydrogen-bond donors (Lipinski definition) is 3. The van der Waals surface area contributed by atoms with Crippen molar-refractivity contribution in [2.24, 2.45) is 5.73 Å². The molecule has 10 heteroatoms. The van der Waals surface area contributed by atoms with Crippen LogP contribution in [0.5, 0.6) is 11.6 Å². The Morgan fingerprint density at radius 2 is 2.15 bits per heavy atom. The molecule has 0 bridgehead atoms. The van der Waals surface area contributed by atoms with Crippen LogP contribution in [0.3, 0.4) is 0 Å². The van der Waals surface area contributed by atoms with Gasteiger partial charge < -0.3 is 30.6 Å². The van der Waals surface area contributed by atoms with Gasteiger partial charge in [0.1, 0.15) is 0 Å². The first-order valence-electron chi connectivity index (χ1n) is 11.4. The van der Waals surface area contributed by atoms with Crippen molar-refractivity contribution in [2.45, 2.75) is 44.0 Å². The normalized spacial score (nSPS) is 20.8. The molecule has 0 radical (unpaired) electrons. The summed E-state index contributed by atoms with van der Waals surface area (Å²) >= 11 is 0. The Balaban J connectivity index is 1.14. The molecule has 1 amide bonds. The number of hydrogen-bond acceptors (Lipinski definition) is 9. The van der Waals surface area contributed by atoms with Crippen LogP contribution in [0, 0.1) is 0 Å². The zero-order chi connectivity index (χ0) is 23.5. The number of nitrogens with two attached hydrogens (primary N) is 1. The number of carbonyl (C=O) groups is 1. The molecule has 4 N–H and O–H groups in total. The molecule has 0 spiro atoms. The summed E-state index contributed by atoms with van der Waals surface area (Å²) in [6.07, 6.45) is 4.44. The average molecular weight is 465 g/mol. The number of aromatic nitrogens is 3. The second kappa shape index (κ2) is 9.88. The Bertz CT molecular complexity index is 1180. The van der Waals surface area contributed by atoms with E-state index in [1.54, 1.807) is 19.4 Å². The highest BCUT2D eigenvalue weighted by molar-refractivity contribution is 5.94. The van der Waals surface area contributed by atoms with E-state index in [9.17, 15) is 4.79 Å². The van der Waals surface area contributed by atoms with Crippen molar-refractivity contribution in [3.63, 3.8) is 0 Å². The standard InChI is InChI=1S/C24H28N6O4/c1-32-22-7-5-19-23(30-22)17(8-9-26-19)18(25)10-16-4-2-15(12-33-16)27-11-14-3-6-20-24(28-14)29-21(31)13-34-20/h3,5-9,15-16,18,27H,2,4,10-13,25H2,1H3,(H,28,29,31)/t15-,16+,18?/m1/s1. The predicted molar refractivity (Wildman–Crippen MR) is 126 cm³/mol. The molecule has 3 aromatic heterocycles. The van der Waals surface area contributed by atoms with E-state index in [0.717, 1.165) is 35.1 Å². The number of pyridine rings is 3. The monoisotopic (exact) mass is 464 g/mol. The lowest BCUT2D eigenvalue weighted by Gasteiger charge is -2.31. The summed E-state index contributed by atoms with van der Waals surface area (Å²) in [5.74, 6) is 1.42. The van der Waals surface area contributed by atoms with Crippen molar-refractivity contribution in [1.82, 2.24) is 20.3 Å². The fourth-order valence-electron chi connectivity index (χ4n) is 4.35. The van der Waals surface area contributed by atoms with E-state index in [1.807, 2.05) is 24.3 Å². The number of rotatable bonds is 7. The Morgan fingerprint density at radius 1 is 1.24 bits per heavy atom. The van der Waals surface area contributed by atoms with Gasteiger partial charge in [0.05, 0.1) is 36.5 Å². The third-order valence-electron chi connectivity index (χ3n) is 6.19.